The van der Waals surface area contributed by atoms with E-state index < -0.39 is 0 Å². The number of oxazole rings is 1. The number of amides is 2. The van der Waals surface area contributed by atoms with Crippen LogP contribution in [0.2, 0.25) is 0 Å². The molecule has 2 heterocycles. The molecule has 0 radical (unpaired) electrons. The van der Waals surface area contributed by atoms with Gasteiger partial charge in [-0.1, -0.05) is 18.2 Å². The number of benzene rings is 2. The molecule has 1 unspecified atom stereocenters. The Labute approximate surface area is 187 Å². The number of rotatable bonds is 6. The third-order valence-corrected chi connectivity index (χ3v) is 6.47. The molecule has 1 aliphatic heterocycles. The normalized spacial score (nSPS) is 19.4. The minimum absolute atomic E-state index is 0.101. The SMILES string of the molecule is COc1ccc(C2CNC(=O)N(Cc3nc4c(C)cccc4o3)C2)cc1OC1CCCC1. The van der Waals surface area contributed by atoms with Crippen molar-refractivity contribution < 1.29 is 18.7 Å². The molecular weight excluding hydrogens is 406 g/mol. The Hall–Kier alpha value is -3.22. The molecule has 1 saturated heterocycles. The van der Waals surface area contributed by atoms with Crippen molar-refractivity contribution in [1.29, 1.82) is 0 Å². The van der Waals surface area contributed by atoms with Crippen molar-refractivity contribution in [2.24, 2.45) is 0 Å². The van der Waals surface area contributed by atoms with E-state index in [0.717, 1.165) is 46.6 Å². The summed E-state index contributed by atoms with van der Waals surface area (Å²) in [6, 6.07) is 11.9. The van der Waals surface area contributed by atoms with E-state index in [2.05, 4.69) is 22.4 Å². The molecule has 2 amide bonds. The highest BCUT2D eigenvalue weighted by molar-refractivity contribution is 5.77. The summed E-state index contributed by atoms with van der Waals surface area (Å²) < 4.78 is 17.7. The first-order chi connectivity index (χ1) is 15.6. The molecule has 5 rings (SSSR count). The van der Waals surface area contributed by atoms with Crippen LogP contribution in [0, 0.1) is 6.92 Å². The molecule has 7 heteroatoms. The highest BCUT2D eigenvalue weighted by Crippen LogP contribution is 2.35. The molecule has 1 saturated carbocycles. The number of methoxy groups -OCH3 is 1. The Kier molecular flexibility index (Phi) is 5.64. The van der Waals surface area contributed by atoms with Gasteiger partial charge in [0, 0.05) is 19.0 Å². The second-order valence-corrected chi connectivity index (χ2v) is 8.73. The topological polar surface area (TPSA) is 76.8 Å². The van der Waals surface area contributed by atoms with Gasteiger partial charge in [-0.15, -0.1) is 0 Å². The van der Waals surface area contributed by atoms with E-state index in [0.29, 0.717) is 25.5 Å². The average Bonchev–Trinajstić information content (AvgIpc) is 3.45. The number of nitrogens with one attached hydrogen (secondary N) is 1. The lowest BCUT2D eigenvalue weighted by molar-refractivity contribution is 0.170. The smallest absolute Gasteiger partial charge is 0.317 e. The van der Waals surface area contributed by atoms with Crippen molar-refractivity contribution in [2.45, 2.75) is 51.2 Å². The van der Waals surface area contributed by atoms with E-state index in [4.69, 9.17) is 13.9 Å². The van der Waals surface area contributed by atoms with Gasteiger partial charge in [-0.05, 0) is 61.9 Å². The maximum absolute atomic E-state index is 12.6. The van der Waals surface area contributed by atoms with Gasteiger partial charge in [0.1, 0.15) is 5.52 Å². The van der Waals surface area contributed by atoms with Crippen LogP contribution in [0.1, 0.15) is 48.6 Å². The number of aromatic nitrogens is 1. The summed E-state index contributed by atoms with van der Waals surface area (Å²) in [5.74, 6) is 2.22. The summed E-state index contributed by atoms with van der Waals surface area (Å²) in [6.07, 6.45) is 4.86. The van der Waals surface area contributed by atoms with E-state index in [-0.39, 0.29) is 18.1 Å². The van der Waals surface area contributed by atoms with Crippen molar-refractivity contribution in [2.75, 3.05) is 20.2 Å². The lowest BCUT2D eigenvalue weighted by atomic mass is 9.96. The number of fused-ring (bicyclic) bond motifs is 1. The van der Waals surface area contributed by atoms with Crippen molar-refractivity contribution in [1.82, 2.24) is 15.2 Å². The molecule has 1 aromatic heterocycles. The quantitative estimate of drug-likeness (QED) is 0.603. The van der Waals surface area contributed by atoms with Gasteiger partial charge < -0.3 is 24.1 Å². The summed E-state index contributed by atoms with van der Waals surface area (Å²) in [5.41, 5.74) is 3.78. The first-order valence-corrected chi connectivity index (χ1v) is 11.3. The second kappa shape index (κ2) is 8.73. The fraction of sp³-hybridized carbons (Fsp3) is 0.440. The number of ether oxygens (including phenoxy) is 2. The monoisotopic (exact) mass is 435 g/mol. The summed E-state index contributed by atoms with van der Waals surface area (Å²) in [4.78, 5) is 18.9. The molecule has 3 aromatic rings. The van der Waals surface area contributed by atoms with Crippen LogP contribution in [0.4, 0.5) is 4.79 Å². The number of para-hydroxylation sites is 1. The highest BCUT2D eigenvalue weighted by Gasteiger charge is 2.29. The van der Waals surface area contributed by atoms with Gasteiger partial charge in [-0.25, -0.2) is 9.78 Å². The zero-order valence-electron chi connectivity index (χ0n) is 18.6. The van der Waals surface area contributed by atoms with E-state index in [1.807, 2.05) is 31.2 Å². The molecule has 0 bridgehead atoms. The number of nitrogens with zero attached hydrogens (tertiary/aromatic N) is 2. The van der Waals surface area contributed by atoms with Crippen LogP contribution in [0.3, 0.4) is 0 Å². The van der Waals surface area contributed by atoms with Gasteiger partial charge in [0.25, 0.3) is 0 Å². The van der Waals surface area contributed by atoms with Crippen molar-refractivity contribution in [3.8, 4) is 11.5 Å². The number of aryl methyl sites for hydroxylation is 1. The van der Waals surface area contributed by atoms with Crippen molar-refractivity contribution in [3.05, 3.63) is 53.4 Å². The lowest BCUT2D eigenvalue weighted by Gasteiger charge is -2.33. The first kappa shape index (κ1) is 20.7. The minimum Gasteiger partial charge on any atom is -0.493 e. The predicted molar refractivity (Wildman–Crippen MR) is 121 cm³/mol. The number of hydrogen-bond donors (Lipinski definition) is 1. The number of carbonyl (C=O) groups is 1. The Morgan fingerprint density at radius 1 is 1.19 bits per heavy atom. The lowest BCUT2D eigenvalue weighted by Crippen LogP contribution is -2.49. The van der Waals surface area contributed by atoms with Crippen LogP contribution in [-0.4, -0.2) is 42.2 Å². The van der Waals surface area contributed by atoms with Gasteiger partial charge in [0.05, 0.1) is 19.8 Å². The molecule has 2 aromatic carbocycles. The fourth-order valence-electron chi connectivity index (χ4n) is 4.68. The molecule has 7 nitrogen and oxygen atoms in total. The Bertz CT molecular complexity index is 1120. The van der Waals surface area contributed by atoms with Crippen molar-refractivity contribution in [3.63, 3.8) is 0 Å². The number of urea groups is 1. The summed E-state index contributed by atoms with van der Waals surface area (Å²) in [7, 11) is 1.67. The summed E-state index contributed by atoms with van der Waals surface area (Å²) in [6.45, 7) is 3.50. The molecular formula is C25H29N3O4. The summed E-state index contributed by atoms with van der Waals surface area (Å²) >= 11 is 0. The largest absolute Gasteiger partial charge is 0.493 e. The van der Waals surface area contributed by atoms with Gasteiger partial charge >= 0.3 is 6.03 Å². The van der Waals surface area contributed by atoms with E-state index in [1.54, 1.807) is 12.0 Å². The Morgan fingerprint density at radius 3 is 2.81 bits per heavy atom. The zero-order chi connectivity index (χ0) is 22.1. The van der Waals surface area contributed by atoms with Gasteiger partial charge in [0.2, 0.25) is 5.89 Å². The standard InChI is InChI=1S/C25H29N3O4/c1-16-6-5-9-21-24(16)27-23(32-21)15-28-14-18(13-26-25(28)29)17-10-11-20(30-2)22(12-17)31-19-7-3-4-8-19/h5-6,9-12,18-19H,3-4,7-8,13-15H2,1-2H3,(H,26,29). The molecule has 32 heavy (non-hydrogen) atoms. The van der Waals surface area contributed by atoms with E-state index >= 15 is 0 Å². The maximum atomic E-state index is 12.6. The zero-order valence-corrected chi connectivity index (χ0v) is 18.6. The molecule has 1 aliphatic carbocycles. The van der Waals surface area contributed by atoms with Gasteiger partial charge in [0.15, 0.2) is 17.1 Å². The van der Waals surface area contributed by atoms with Crippen LogP contribution in [-0.2, 0) is 6.54 Å². The fourth-order valence-corrected chi connectivity index (χ4v) is 4.68. The molecule has 0 spiro atoms. The van der Waals surface area contributed by atoms with Crippen molar-refractivity contribution >= 4 is 17.1 Å². The third kappa shape index (κ3) is 4.11. The molecule has 1 N–H and O–H groups in total. The average molecular weight is 436 g/mol. The number of carbonyl (C=O) groups excluding carboxylic acids is 1. The molecule has 2 aliphatic rings. The van der Waals surface area contributed by atoms with Gasteiger partial charge in [-0.2, -0.15) is 0 Å². The van der Waals surface area contributed by atoms with Crippen LogP contribution >= 0.6 is 0 Å². The minimum atomic E-state index is -0.101. The van der Waals surface area contributed by atoms with E-state index in [9.17, 15) is 4.79 Å². The van der Waals surface area contributed by atoms with Crippen LogP contribution in [0.25, 0.3) is 11.1 Å². The summed E-state index contributed by atoms with van der Waals surface area (Å²) in [5, 5.41) is 3.01. The van der Waals surface area contributed by atoms with Gasteiger partial charge in [-0.3, -0.25) is 0 Å². The van der Waals surface area contributed by atoms with Crippen LogP contribution in [0.15, 0.2) is 40.8 Å². The maximum Gasteiger partial charge on any atom is 0.317 e. The number of hydrogen-bond acceptors (Lipinski definition) is 5. The first-order valence-electron chi connectivity index (χ1n) is 11.3. The molecule has 2 fully saturated rings. The van der Waals surface area contributed by atoms with E-state index in [1.165, 1.54) is 12.8 Å². The molecule has 1 atom stereocenters. The predicted octanol–water partition coefficient (Wildman–Crippen LogP) is 4.78. The van der Waals surface area contributed by atoms with Crippen LogP contribution in [0.5, 0.6) is 11.5 Å². The molecule has 168 valence electrons. The Balaban J connectivity index is 1.34. The van der Waals surface area contributed by atoms with Crippen LogP contribution < -0.4 is 14.8 Å². The second-order valence-electron chi connectivity index (χ2n) is 8.73. The third-order valence-electron chi connectivity index (χ3n) is 6.47. The Morgan fingerprint density at radius 2 is 2.03 bits per heavy atom. The highest BCUT2D eigenvalue weighted by atomic mass is 16.5.